The van der Waals surface area contributed by atoms with E-state index in [-0.39, 0.29) is 16.7 Å². The fourth-order valence-electron chi connectivity index (χ4n) is 3.99. The highest BCUT2D eigenvalue weighted by molar-refractivity contribution is 5.36. The second-order valence-electron chi connectivity index (χ2n) is 7.47. The molecule has 1 heterocycles. The Morgan fingerprint density at radius 1 is 1.15 bits per heavy atom. The van der Waals surface area contributed by atoms with Crippen LogP contribution in [0.25, 0.3) is 0 Å². The number of benzene rings is 2. The summed E-state index contributed by atoms with van der Waals surface area (Å²) in [7, 11) is 1.73. The van der Waals surface area contributed by atoms with Crippen LogP contribution in [0.15, 0.2) is 42.5 Å². The van der Waals surface area contributed by atoms with E-state index in [1.807, 2.05) is 6.07 Å². The number of hydrogen-bond donors (Lipinski definition) is 2. The number of quaternary nitrogens is 2. The van der Waals surface area contributed by atoms with Crippen molar-refractivity contribution in [2.75, 3.05) is 33.3 Å². The highest BCUT2D eigenvalue weighted by atomic mass is 16.6. The summed E-state index contributed by atoms with van der Waals surface area (Å²) in [5, 5.41) is 11.0. The summed E-state index contributed by atoms with van der Waals surface area (Å²) in [5.41, 5.74) is 3.74. The van der Waals surface area contributed by atoms with E-state index in [4.69, 9.17) is 4.74 Å². The van der Waals surface area contributed by atoms with Gasteiger partial charge in [-0.05, 0) is 26.0 Å². The zero-order chi connectivity index (χ0) is 19.4. The molecule has 2 N–H and O–H groups in total. The van der Waals surface area contributed by atoms with Crippen molar-refractivity contribution in [2.45, 2.75) is 26.4 Å². The van der Waals surface area contributed by atoms with Gasteiger partial charge in [-0.25, -0.2) is 0 Å². The molecular weight excluding hydrogens is 342 g/mol. The summed E-state index contributed by atoms with van der Waals surface area (Å²) < 4.78 is 5.52. The predicted molar refractivity (Wildman–Crippen MR) is 104 cm³/mol. The van der Waals surface area contributed by atoms with E-state index in [1.165, 1.54) is 16.0 Å². The van der Waals surface area contributed by atoms with E-state index in [9.17, 15) is 10.1 Å². The highest BCUT2D eigenvalue weighted by Gasteiger charge is 2.29. The van der Waals surface area contributed by atoms with Crippen LogP contribution in [0.5, 0.6) is 5.75 Å². The number of aryl methyl sites for hydroxylation is 1. The third-order valence-corrected chi connectivity index (χ3v) is 5.67. The van der Waals surface area contributed by atoms with Gasteiger partial charge < -0.3 is 14.5 Å². The Morgan fingerprint density at radius 3 is 2.56 bits per heavy atom. The van der Waals surface area contributed by atoms with Crippen molar-refractivity contribution in [3.05, 3.63) is 69.3 Å². The topological polar surface area (TPSA) is 61.2 Å². The van der Waals surface area contributed by atoms with Crippen molar-refractivity contribution in [3.8, 4) is 5.75 Å². The second-order valence-corrected chi connectivity index (χ2v) is 7.47. The third-order valence-electron chi connectivity index (χ3n) is 5.67. The number of nitrogens with one attached hydrogen (secondary N) is 2. The molecule has 1 saturated heterocycles. The molecular formula is C21H29N3O3+2. The molecule has 0 aliphatic carbocycles. The fourth-order valence-corrected chi connectivity index (χ4v) is 3.99. The first kappa shape index (κ1) is 19.3. The summed E-state index contributed by atoms with van der Waals surface area (Å²) in [4.78, 5) is 13.8. The van der Waals surface area contributed by atoms with Crippen molar-refractivity contribution >= 4 is 5.69 Å². The third kappa shape index (κ3) is 4.64. The number of nitro benzene ring substituents is 1. The Bertz CT molecular complexity index is 801. The molecule has 1 fully saturated rings. The Kier molecular flexibility index (Phi) is 6.08. The molecule has 0 spiro atoms. The quantitative estimate of drug-likeness (QED) is 0.587. The zero-order valence-corrected chi connectivity index (χ0v) is 16.3. The molecule has 144 valence electrons. The Hall–Kier alpha value is -2.44. The Morgan fingerprint density at radius 2 is 1.89 bits per heavy atom. The maximum absolute atomic E-state index is 11.0. The molecule has 6 heteroatoms. The molecule has 1 aliphatic rings. The molecule has 6 nitrogen and oxygen atoms in total. The first-order valence-corrected chi connectivity index (χ1v) is 9.54. The van der Waals surface area contributed by atoms with Gasteiger partial charge in [-0.1, -0.05) is 23.8 Å². The van der Waals surface area contributed by atoms with Crippen LogP contribution in [0.1, 0.15) is 29.7 Å². The summed E-state index contributed by atoms with van der Waals surface area (Å²) in [6.45, 7) is 9.56. The number of methoxy groups -OCH3 is 1. The van der Waals surface area contributed by atoms with Gasteiger partial charge in [0.1, 0.15) is 44.5 Å². The van der Waals surface area contributed by atoms with E-state index in [1.54, 1.807) is 30.2 Å². The minimum atomic E-state index is -0.317. The van der Waals surface area contributed by atoms with E-state index in [0.29, 0.717) is 0 Å². The number of non-ortho nitro benzene ring substituents is 1. The molecule has 0 saturated carbocycles. The van der Waals surface area contributed by atoms with Crippen LogP contribution in [-0.4, -0.2) is 38.2 Å². The lowest BCUT2D eigenvalue weighted by Crippen LogP contribution is -3.27. The van der Waals surface area contributed by atoms with Gasteiger partial charge in [0, 0.05) is 23.3 Å². The molecule has 0 unspecified atom stereocenters. The Balaban J connectivity index is 1.61. The van der Waals surface area contributed by atoms with Crippen LogP contribution in [0.4, 0.5) is 5.69 Å². The number of nitrogens with zero attached hydrogens (tertiary/aromatic N) is 1. The monoisotopic (exact) mass is 371 g/mol. The molecule has 27 heavy (non-hydrogen) atoms. The summed E-state index contributed by atoms with van der Waals surface area (Å²) in [6, 6.07) is 13.7. The smallest absolute Gasteiger partial charge is 0.269 e. The number of piperazine rings is 1. The lowest BCUT2D eigenvalue weighted by molar-refractivity contribution is -1.03. The Labute approximate surface area is 160 Å². The molecule has 0 aromatic heterocycles. The maximum Gasteiger partial charge on any atom is 0.269 e. The van der Waals surface area contributed by atoms with Crippen molar-refractivity contribution < 1.29 is 19.5 Å². The minimum Gasteiger partial charge on any atom is -0.496 e. The molecule has 3 rings (SSSR count). The number of nitro groups is 1. The maximum atomic E-state index is 11.0. The minimum absolute atomic E-state index is 0.176. The average Bonchev–Trinajstić information content (AvgIpc) is 2.68. The van der Waals surface area contributed by atoms with Crippen molar-refractivity contribution in [1.82, 2.24) is 0 Å². The van der Waals surface area contributed by atoms with E-state index in [0.717, 1.165) is 44.0 Å². The molecule has 1 aliphatic heterocycles. The average molecular weight is 371 g/mol. The van der Waals surface area contributed by atoms with Gasteiger partial charge in [0.15, 0.2) is 0 Å². The highest BCUT2D eigenvalue weighted by Crippen LogP contribution is 2.19. The molecule has 0 bridgehead atoms. The number of rotatable bonds is 6. The lowest BCUT2D eigenvalue weighted by Gasteiger charge is -2.33. The molecule has 2 aromatic carbocycles. The predicted octanol–water partition coefficient (Wildman–Crippen LogP) is 0.956. The number of ether oxygens (including phenoxy) is 1. The van der Waals surface area contributed by atoms with Crippen LogP contribution < -0.4 is 14.5 Å². The SMILES string of the molecule is COc1ccc(C)cc1C[NH+]1CC[NH+]([C@@H](C)c2cccc([N+](=O)[O-])c2)CC1. The van der Waals surface area contributed by atoms with Gasteiger partial charge in [0.05, 0.1) is 12.0 Å². The van der Waals surface area contributed by atoms with E-state index < -0.39 is 0 Å². The lowest BCUT2D eigenvalue weighted by atomic mass is 10.0. The van der Waals surface area contributed by atoms with Gasteiger partial charge in [0.2, 0.25) is 0 Å². The van der Waals surface area contributed by atoms with Crippen LogP contribution in [0.3, 0.4) is 0 Å². The first-order valence-electron chi connectivity index (χ1n) is 9.54. The van der Waals surface area contributed by atoms with Crippen molar-refractivity contribution in [3.63, 3.8) is 0 Å². The molecule has 2 aromatic rings. The second kappa shape index (κ2) is 8.50. The van der Waals surface area contributed by atoms with E-state index >= 15 is 0 Å². The van der Waals surface area contributed by atoms with Crippen LogP contribution in [0.2, 0.25) is 0 Å². The van der Waals surface area contributed by atoms with Crippen LogP contribution in [-0.2, 0) is 6.54 Å². The van der Waals surface area contributed by atoms with Gasteiger partial charge in [-0.3, -0.25) is 10.1 Å². The van der Waals surface area contributed by atoms with Crippen molar-refractivity contribution in [2.24, 2.45) is 0 Å². The van der Waals surface area contributed by atoms with Gasteiger partial charge in [0.25, 0.3) is 5.69 Å². The van der Waals surface area contributed by atoms with Crippen LogP contribution >= 0.6 is 0 Å². The largest absolute Gasteiger partial charge is 0.496 e. The zero-order valence-electron chi connectivity index (χ0n) is 16.3. The van der Waals surface area contributed by atoms with Gasteiger partial charge >= 0.3 is 0 Å². The van der Waals surface area contributed by atoms with E-state index in [2.05, 4.69) is 32.0 Å². The summed E-state index contributed by atoms with van der Waals surface area (Å²) >= 11 is 0. The van der Waals surface area contributed by atoms with Crippen molar-refractivity contribution in [1.29, 1.82) is 0 Å². The standard InChI is InChI=1S/C21H27N3O3/c1-16-7-8-21(27-3)19(13-16)15-22-9-11-23(12-10-22)17(2)18-5-4-6-20(14-18)24(25)26/h4-8,13-14,17H,9-12,15H2,1-3H3/p+2/t17-/m0/s1. The normalized spacial score (nSPS) is 20.9. The summed E-state index contributed by atoms with van der Waals surface area (Å²) in [6.07, 6.45) is 0. The van der Waals surface area contributed by atoms with Gasteiger partial charge in [-0.2, -0.15) is 0 Å². The van der Waals surface area contributed by atoms with Gasteiger partial charge in [-0.15, -0.1) is 0 Å². The molecule has 1 atom stereocenters. The molecule has 0 radical (unpaired) electrons. The van der Waals surface area contributed by atoms with Crippen LogP contribution in [0, 0.1) is 17.0 Å². The number of hydrogen-bond acceptors (Lipinski definition) is 3. The summed E-state index contributed by atoms with van der Waals surface area (Å²) in [5.74, 6) is 0.966. The fraction of sp³-hybridized carbons (Fsp3) is 0.429. The first-order chi connectivity index (χ1) is 13.0. The molecule has 0 amide bonds.